The number of aromatic nitrogens is 1. The number of carbonyl (C=O) groups is 2. The van der Waals surface area contributed by atoms with Gasteiger partial charge in [-0.05, 0) is 104 Å². The molecule has 2 aliphatic carbocycles. The Kier molecular flexibility index (Phi) is 13.2. The second-order valence-corrected chi connectivity index (χ2v) is 13.9. The van der Waals surface area contributed by atoms with Gasteiger partial charge in [0.2, 0.25) is 11.8 Å². The summed E-state index contributed by atoms with van der Waals surface area (Å²) in [7, 11) is 0. The summed E-state index contributed by atoms with van der Waals surface area (Å²) in [5, 5.41) is 15.1. The molecule has 1 heterocycles. The van der Waals surface area contributed by atoms with Crippen LogP contribution in [0.5, 0.6) is 0 Å². The number of anilines is 1. The van der Waals surface area contributed by atoms with Crippen LogP contribution >= 0.6 is 0 Å². The smallest absolute Gasteiger partial charge is 0.227 e. The SMILES string of the molecule is CC1CCC(C(C)C)C(C(=O)NCCc2ccccn2)C1.Cc1cc(C#N)ccc1NC(=O)C1CC(C)CCC1C(C)C. The molecule has 6 atom stereocenters. The zero-order chi connectivity index (χ0) is 31.5. The topological polar surface area (TPSA) is 94.9 Å². The first kappa shape index (κ1) is 34.3. The first-order chi connectivity index (χ1) is 20.5. The van der Waals surface area contributed by atoms with Gasteiger partial charge < -0.3 is 10.6 Å². The molecule has 2 saturated carbocycles. The number of pyridine rings is 1. The zero-order valence-electron chi connectivity index (χ0n) is 27.5. The summed E-state index contributed by atoms with van der Waals surface area (Å²) in [6, 6.07) is 13.4. The molecule has 0 radical (unpaired) electrons. The minimum Gasteiger partial charge on any atom is -0.355 e. The fourth-order valence-electron chi connectivity index (χ4n) is 7.10. The van der Waals surface area contributed by atoms with E-state index in [0.717, 1.165) is 42.6 Å². The van der Waals surface area contributed by atoms with Crippen LogP contribution in [0.15, 0.2) is 42.6 Å². The van der Waals surface area contributed by atoms with Crippen LogP contribution in [0.2, 0.25) is 0 Å². The first-order valence-electron chi connectivity index (χ1n) is 16.5. The molecule has 6 nitrogen and oxygen atoms in total. The third-order valence-electron chi connectivity index (χ3n) is 9.74. The second-order valence-electron chi connectivity index (χ2n) is 13.9. The number of benzene rings is 1. The highest BCUT2D eigenvalue weighted by atomic mass is 16.2. The van der Waals surface area contributed by atoms with Crippen LogP contribution in [-0.4, -0.2) is 23.3 Å². The number of amides is 2. The van der Waals surface area contributed by atoms with Crippen molar-refractivity contribution in [1.29, 1.82) is 5.26 Å². The molecular weight excluding hydrogens is 532 g/mol. The van der Waals surface area contributed by atoms with Crippen molar-refractivity contribution < 1.29 is 9.59 Å². The van der Waals surface area contributed by atoms with Gasteiger partial charge in [0.25, 0.3) is 0 Å². The van der Waals surface area contributed by atoms with E-state index in [1.165, 1.54) is 19.3 Å². The van der Waals surface area contributed by atoms with Crippen LogP contribution in [-0.2, 0) is 16.0 Å². The molecule has 2 fully saturated rings. The Morgan fingerprint density at radius 3 is 2.02 bits per heavy atom. The van der Waals surface area contributed by atoms with E-state index in [0.29, 0.717) is 47.6 Å². The summed E-state index contributed by atoms with van der Waals surface area (Å²) in [4.78, 5) is 29.6. The van der Waals surface area contributed by atoms with Gasteiger partial charge in [0.15, 0.2) is 0 Å². The molecule has 6 unspecified atom stereocenters. The fraction of sp³-hybridized carbons (Fsp3) is 0.622. The van der Waals surface area contributed by atoms with Crippen LogP contribution in [0.3, 0.4) is 0 Å². The van der Waals surface area contributed by atoms with E-state index in [-0.39, 0.29) is 23.7 Å². The third-order valence-corrected chi connectivity index (χ3v) is 9.74. The fourth-order valence-corrected chi connectivity index (χ4v) is 7.10. The Hall–Kier alpha value is -3.20. The Morgan fingerprint density at radius 1 is 0.907 bits per heavy atom. The summed E-state index contributed by atoms with van der Waals surface area (Å²) >= 11 is 0. The molecule has 0 saturated heterocycles. The highest BCUT2D eigenvalue weighted by Crippen LogP contribution is 2.39. The van der Waals surface area contributed by atoms with Crippen LogP contribution in [0.1, 0.15) is 96.9 Å². The molecule has 234 valence electrons. The number of nitrogens with zero attached hydrogens (tertiary/aromatic N) is 2. The van der Waals surface area contributed by atoms with Gasteiger partial charge in [-0.25, -0.2) is 0 Å². The van der Waals surface area contributed by atoms with Gasteiger partial charge in [-0.2, -0.15) is 5.26 Å². The molecule has 2 aromatic rings. The second kappa shape index (κ2) is 16.6. The zero-order valence-corrected chi connectivity index (χ0v) is 27.5. The van der Waals surface area contributed by atoms with E-state index in [1.807, 2.05) is 37.3 Å². The maximum atomic E-state index is 12.8. The Bertz CT molecular complexity index is 1220. The highest BCUT2D eigenvalue weighted by molar-refractivity contribution is 5.93. The molecule has 2 N–H and O–H groups in total. The number of rotatable bonds is 8. The highest BCUT2D eigenvalue weighted by Gasteiger charge is 2.36. The van der Waals surface area contributed by atoms with Crippen LogP contribution in [0.4, 0.5) is 5.69 Å². The molecule has 0 spiro atoms. The average molecular weight is 587 g/mol. The number of nitrogens with one attached hydrogen (secondary N) is 2. The van der Waals surface area contributed by atoms with Gasteiger partial charge in [0.05, 0.1) is 11.6 Å². The molecule has 4 rings (SSSR count). The van der Waals surface area contributed by atoms with E-state index in [1.54, 1.807) is 12.3 Å². The molecule has 43 heavy (non-hydrogen) atoms. The maximum absolute atomic E-state index is 12.8. The van der Waals surface area contributed by atoms with Crippen LogP contribution < -0.4 is 10.6 Å². The lowest BCUT2D eigenvalue weighted by molar-refractivity contribution is -0.129. The van der Waals surface area contributed by atoms with Gasteiger partial charge in [-0.3, -0.25) is 14.6 Å². The Labute approximate surface area is 260 Å². The van der Waals surface area contributed by atoms with Crippen molar-refractivity contribution in [2.24, 2.45) is 47.3 Å². The maximum Gasteiger partial charge on any atom is 0.227 e. The summed E-state index contributed by atoms with van der Waals surface area (Å²) in [5.41, 5.74) is 3.43. The summed E-state index contributed by atoms with van der Waals surface area (Å²) in [5.74, 6) is 4.09. The molecule has 0 aliphatic heterocycles. The minimum atomic E-state index is 0.0961. The van der Waals surface area contributed by atoms with Crippen LogP contribution in [0.25, 0.3) is 0 Å². The van der Waals surface area contributed by atoms with Gasteiger partial charge in [-0.15, -0.1) is 0 Å². The first-order valence-corrected chi connectivity index (χ1v) is 16.5. The van der Waals surface area contributed by atoms with Gasteiger partial charge in [0, 0.05) is 42.4 Å². The monoisotopic (exact) mass is 586 g/mol. The molecule has 2 amide bonds. The number of nitriles is 1. The molecule has 1 aromatic heterocycles. The van der Waals surface area contributed by atoms with Crippen molar-refractivity contribution in [3.05, 3.63) is 59.4 Å². The van der Waals surface area contributed by atoms with E-state index in [9.17, 15) is 9.59 Å². The normalized spacial score (nSPS) is 25.3. The van der Waals surface area contributed by atoms with Gasteiger partial charge in [0.1, 0.15) is 0 Å². The van der Waals surface area contributed by atoms with Gasteiger partial charge >= 0.3 is 0 Å². The molecular formula is C37H54N4O2. The van der Waals surface area contributed by atoms with Crippen molar-refractivity contribution in [2.45, 2.75) is 93.4 Å². The van der Waals surface area contributed by atoms with Crippen molar-refractivity contribution >= 4 is 17.5 Å². The minimum absolute atomic E-state index is 0.0961. The third kappa shape index (κ3) is 10.2. The molecule has 2 aliphatic rings. The van der Waals surface area contributed by atoms with Crippen molar-refractivity contribution in [2.75, 3.05) is 11.9 Å². The quantitative estimate of drug-likeness (QED) is 0.328. The lowest BCUT2D eigenvalue weighted by atomic mass is 9.70. The van der Waals surface area contributed by atoms with Crippen molar-refractivity contribution in [1.82, 2.24) is 10.3 Å². The standard InChI is InChI=1S/C19H26N2O.C18H28N2O/c1-12(2)16-7-5-13(3)9-17(16)19(22)21-18-8-6-15(11-20)10-14(18)4;1-13(2)16-8-7-14(3)12-17(16)18(21)20-11-9-15-6-4-5-10-19-15/h6,8,10,12-13,16-17H,5,7,9H2,1-4H3,(H,21,22);4-6,10,13-14,16-17H,7-9,11-12H2,1-3H3,(H,20,21). The predicted molar refractivity (Wildman–Crippen MR) is 175 cm³/mol. The number of hydrogen-bond acceptors (Lipinski definition) is 4. The Balaban J connectivity index is 0.000000236. The number of carbonyl (C=O) groups excluding carboxylic acids is 2. The van der Waals surface area contributed by atoms with E-state index in [4.69, 9.17) is 5.26 Å². The van der Waals surface area contributed by atoms with E-state index >= 15 is 0 Å². The largest absolute Gasteiger partial charge is 0.355 e. The summed E-state index contributed by atoms with van der Waals surface area (Å²) in [6.07, 6.45) is 9.45. The van der Waals surface area contributed by atoms with Crippen LogP contribution in [0, 0.1) is 65.6 Å². The van der Waals surface area contributed by atoms with Crippen molar-refractivity contribution in [3.63, 3.8) is 0 Å². The molecule has 0 bridgehead atoms. The summed E-state index contributed by atoms with van der Waals surface area (Å²) < 4.78 is 0. The van der Waals surface area contributed by atoms with Crippen molar-refractivity contribution in [3.8, 4) is 6.07 Å². The Morgan fingerprint density at radius 2 is 1.51 bits per heavy atom. The molecule has 1 aromatic carbocycles. The number of aryl methyl sites for hydroxylation is 1. The predicted octanol–water partition coefficient (Wildman–Crippen LogP) is 7.96. The van der Waals surface area contributed by atoms with E-state index < -0.39 is 0 Å². The summed E-state index contributed by atoms with van der Waals surface area (Å²) in [6.45, 7) is 16.0. The molecule has 6 heteroatoms. The van der Waals surface area contributed by atoms with E-state index in [2.05, 4.69) is 63.2 Å². The number of hydrogen-bond donors (Lipinski definition) is 2. The average Bonchev–Trinajstić information content (AvgIpc) is 2.98. The lowest BCUT2D eigenvalue weighted by Crippen LogP contribution is -2.40. The van der Waals surface area contributed by atoms with Gasteiger partial charge in [-0.1, -0.05) is 60.5 Å². The lowest BCUT2D eigenvalue weighted by Gasteiger charge is -2.36.